The zero-order chi connectivity index (χ0) is 22.6. The number of hydrogen-bond acceptors (Lipinski definition) is 4. The highest BCUT2D eigenvalue weighted by Crippen LogP contribution is 2.37. The summed E-state index contributed by atoms with van der Waals surface area (Å²) >= 11 is 5.55. The predicted molar refractivity (Wildman–Crippen MR) is 110 cm³/mol. The van der Waals surface area contributed by atoms with Gasteiger partial charge in [-0.05, 0) is 60.2 Å². The molecule has 0 saturated carbocycles. The fourth-order valence-corrected chi connectivity index (χ4v) is 4.08. The SMILES string of the molecule is O=C(C=Cc1cccnc1)Nc1ccc(S(=O)(=O)c2ccc(Cl)c(C(F)(F)F)c2)cc1. The van der Waals surface area contributed by atoms with Gasteiger partial charge in [0.15, 0.2) is 0 Å². The van der Waals surface area contributed by atoms with Crippen molar-refractivity contribution < 1.29 is 26.4 Å². The summed E-state index contributed by atoms with van der Waals surface area (Å²) in [6.45, 7) is 0. The summed E-state index contributed by atoms with van der Waals surface area (Å²) in [5.74, 6) is -0.452. The number of nitrogens with one attached hydrogen (secondary N) is 1. The van der Waals surface area contributed by atoms with Gasteiger partial charge in [-0.3, -0.25) is 9.78 Å². The number of aromatic nitrogens is 1. The van der Waals surface area contributed by atoms with E-state index in [9.17, 15) is 26.4 Å². The van der Waals surface area contributed by atoms with E-state index >= 15 is 0 Å². The summed E-state index contributed by atoms with van der Waals surface area (Å²) in [6.07, 6.45) is 1.22. The van der Waals surface area contributed by atoms with Gasteiger partial charge in [-0.2, -0.15) is 13.2 Å². The second-order valence-corrected chi connectivity index (χ2v) is 8.63. The zero-order valence-corrected chi connectivity index (χ0v) is 17.2. The molecule has 0 unspecified atom stereocenters. The van der Waals surface area contributed by atoms with Crippen LogP contribution in [0.15, 0.2) is 82.9 Å². The average molecular weight is 467 g/mol. The summed E-state index contributed by atoms with van der Waals surface area (Å²) in [5, 5.41) is 1.97. The molecule has 1 amide bonds. The molecule has 0 fully saturated rings. The van der Waals surface area contributed by atoms with Crippen LogP contribution in [0.2, 0.25) is 5.02 Å². The van der Waals surface area contributed by atoms with E-state index in [4.69, 9.17) is 11.6 Å². The number of carbonyl (C=O) groups is 1. The van der Waals surface area contributed by atoms with E-state index in [-0.39, 0.29) is 4.90 Å². The molecule has 3 rings (SSSR count). The lowest BCUT2D eigenvalue weighted by Gasteiger charge is -2.12. The lowest BCUT2D eigenvalue weighted by atomic mass is 10.2. The molecule has 2 aromatic carbocycles. The Kier molecular flexibility index (Phi) is 6.47. The first-order chi connectivity index (χ1) is 14.6. The minimum absolute atomic E-state index is 0.230. The van der Waals surface area contributed by atoms with Crippen LogP contribution in [-0.4, -0.2) is 19.3 Å². The smallest absolute Gasteiger partial charge is 0.323 e. The number of anilines is 1. The molecule has 0 atom stereocenters. The Morgan fingerprint density at radius 2 is 1.71 bits per heavy atom. The molecule has 0 spiro atoms. The third-order valence-electron chi connectivity index (χ3n) is 4.10. The Bertz CT molecular complexity index is 1230. The molecule has 31 heavy (non-hydrogen) atoms. The molecule has 0 aliphatic heterocycles. The Morgan fingerprint density at radius 1 is 1.03 bits per heavy atom. The molecule has 0 saturated heterocycles. The number of halogens is 4. The fourth-order valence-electron chi connectivity index (χ4n) is 2.57. The number of amides is 1. The van der Waals surface area contributed by atoms with Gasteiger partial charge in [0.25, 0.3) is 0 Å². The summed E-state index contributed by atoms with van der Waals surface area (Å²) in [5.41, 5.74) is -0.202. The average Bonchev–Trinajstić information content (AvgIpc) is 2.73. The van der Waals surface area contributed by atoms with Gasteiger partial charge in [0, 0.05) is 24.2 Å². The standard InChI is InChI=1S/C21H14ClF3N2O3S/c22-19-9-8-17(12-18(19)21(23,24)25)31(29,30)16-6-4-15(5-7-16)27-20(28)10-3-14-2-1-11-26-13-14/h1-13H,(H,27,28). The molecule has 160 valence electrons. The van der Waals surface area contributed by atoms with E-state index in [1.807, 2.05) is 0 Å². The van der Waals surface area contributed by atoms with Gasteiger partial charge in [-0.1, -0.05) is 17.7 Å². The van der Waals surface area contributed by atoms with Crippen LogP contribution < -0.4 is 5.32 Å². The van der Waals surface area contributed by atoms with Crippen LogP contribution >= 0.6 is 11.6 Å². The molecular formula is C21H14ClF3N2O3S. The van der Waals surface area contributed by atoms with Crippen LogP contribution in [0.25, 0.3) is 6.08 Å². The number of rotatable bonds is 5. The van der Waals surface area contributed by atoms with Crippen molar-refractivity contribution >= 4 is 39.1 Å². The van der Waals surface area contributed by atoms with Gasteiger partial charge in [-0.15, -0.1) is 0 Å². The summed E-state index contributed by atoms with van der Waals surface area (Å²) in [6, 6.07) is 10.9. The Labute approximate surface area is 181 Å². The maximum absolute atomic E-state index is 13.0. The summed E-state index contributed by atoms with van der Waals surface area (Å²) in [7, 11) is -4.22. The molecule has 0 radical (unpaired) electrons. The maximum atomic E-state index is 13.0. The molecule has 0 bridgehead atoms. The predicted octanol–water partition coefficient (Wildman–Crippen LogP) is 5.24. The Morgan fingerprint density at radius 3 is 2.32 bits per heavy atom. The molecule has 5 nitrogen and oxygen atoms in total. The van der Waals surface area contributed by atoms with E-state index in [0.717, 1.165) is 17.7 Å². The fraction of sp³-hybridized carbons (Fsp3) is 0.0476. The van der Waals surface area contributed by atoms with Crippen molar-refractivity contribution in [2.75, 3.05) is 5.32 Å². The molecule has 1 aromatic heterocycles. The van der Waals surface area contributed by atoms with E-state index in [1.54, 1.807) is 30.6 Å². The third kappa shape index (κ3) is 5.50. The van der Waals surface area contributed by atoms with Crippen molar-refractivity contribution in [1.82, 2.24) is 4.98 Å². The highest BCUT2D eigenvalue weighted by Gasteiger charge is 2.34. The van der Waals surface area contributed by atoms with Crippen LogP contribution in [0.4, 0.5) is 18.9 Å². The third-order valence-corrected chi connectivity index (χ3v) is 6.19. The number of alkyl halides is 3. The topological polar surface area (TPSA) is 76.1 Å². The molecule has 0 aliphatic carbocycles. The van der Waals surface area contributed by atoms with Crippen LogP contribution in [0.5, 0.6) is 0 Å². The van der Waals surface area contributed by atoms with E-state index in [2.05, 4.69) is 10.3 Å². The normalized spacial score (nSPS) is 12.1. The van der Waals surface area contributed by atoms with Crippen molar-refractivity contribution in [3.63, 3.8) is 0 Å². The summed E-state index contributed by atoms with van der Waals surface area (Å²) in [4.78, 5) is 15.1. The highest BCUT2D eigenvalue weighted by atomic mass is 35.5. The van der Waals surface area contributed by atoms with E-state index in [1.165, 1.54) is 30.3 Å². The van der Waals surface area contributed by atoms with Crippen molar-refractivity contribution in [2.24, 2.45) is 0 Å². The van der Waals surface area contributed by atoms with Crippen molar-refractivity contribution in [2.45, 2.75) is 16.0 Å². The molecule has 10 heteroatoms. The molecule has 3 aromatic rings. The maximum Gasteiger partial charge on any atom is 0.417 e. The van der Waals surface area contributed by atoms with Gasteiger partial charge in [0.2, 0.25) is 15.7 Å². The lowest BCUT2D eigenvalue weighted by Crippen LogP contribution is -2.10. The molecular weight excluding hydrogens is 453 g/mol. The molecule has 0 aliphatic rings. The van der Waals surface area contributed by atoms with Gasteiger partial charge < -0.3 is 5.32 Å². The number of carbonyl (C=O) groups excluding carboxylic acids is 1. The second-order valence-electron chi connectivity index (χ2n) is 6.28. The number of nitrogens with zero attached hydrogens (tertiary/aromatic N) is 1. The number of benzene rings is 2. The second kappa shape index (κ2) is 8.91. The van der Waals surface area contributed by atoms with Gasteiger partial charge in [-0.25, -0.2) is 8.42 Å². The zero-order valence-electron chi connectivity index (χ0n) is 15.6. The number of sulfone groups is 1. The van der Waals surface area contributed by atoms with E-state index in [0.29, 0.717) is 11.8 Å². The largest absolute Gasteiger partial charge is 0.417 e. The number of hydrogen-bond donors (Lipinski definition) is 1. The minimum Gasteiger partial charge on any atom is -0.323 e. The van der Waals surface area contributed by atoms with Crippen molar-refractivity contribution in [1.29, 1.82) is 0 Å². The monoisotopic (exact) mass is 466 g/mol. The Hall–Kier alpha value is -3.17. The van der Waals surface area contributed by atoms with E-state index < -0.39 is 37.4 Å². The molecule has 1 heterocycles. The quantitative estimate of drug-likeness (QED) is 0.522. The van der Waals surface area contributed by atoms with Crippen LogP contribution in [0.3, 0.4) is 0 Å². The van der Waals surface area contributed by atoms with Crippen molar-refractivity contribution in [3.8, 4) is 0 Å². The van der Waals surface area contributed by atoms with Crippen molar-refractivity contribution in [3.05, 3.63) is 89.2 Å². The van der Waals surface area contributed by atoms with Crippen LogP contribution in [0, 0.1) is 0 Å². The summed E-state index contributed by atoms with van der Waals surface area (Å²) < 4.78 is 64.5. The lowest BCUT2D eigenvalue weighted by molar-refractivity contribution is -0.137. The Balaban J connectivity index is 1.78. The van der Waals surface area contributed by atoms with Gasteiger partial charge in [0.1, 0.15) is 0 Å². The first-order valence-electron chi connectivity index (χ1n) is 8.68. The number of pyridine rings is 1. The van der Waals surface area contributed by atoms with Crippen LogP contribution in [-0.2, 0) is 20.8 Å². The van der Waals surface area contributed by atoms with Gasteiger partial charge in [0.05, 0.1) is 20.4 Å². The minimum atomic E-state index is -4.79. The molecule has 1 N–H and O–H groups in total. The van der Waals surface area contributed by atoms with Crippen LogP contribution in [0.1, 0.15) is 11.1 Å². The van der Waals surface area contributed by atoms with Gasteiger partial charge >= 0.3 is 6.18 Å². The first-order valence-corrected chi connectivity index (χ1v) is 10.5. The first kappa shape index (κ1) is 22.5. The highest BCUT2D eigenvalue weighted by molar-refractivity contribution is 7.91.